The van der Waals surface area contributed by atoms with E-state index in [1.807, 2.05) is 0 Å². The second-order valence-electron chi connectivity index (χ2n) is 6.53. The normalized spacial score (nSPS) is 38.4. The molecule has 1 amide bonds. The molecule has 0 saturated carbocycles. The van der Waals surface area contributed by atoms with Crippen molar-refractivity contribution in [3.63, 3.8) is 0 Å². The Morgan fingerprint density at radius 2 is 1.94 bits per heavy atom. The molecule has 1 atom stereocenters. The van der Waals surface area contributed by atoms with Crippen LogP contribution in [-0.2, 0) is 4.79 Å². The molecule has 4 heterocycles. The lowest BCUT2D eigenvalue weighted by atomic mass is 9.78. The van der Waals surface area contributed by atoms with E-state index in [1.165, 1.54) is 25.9 Å². The number of carbonyl (C=O) groups excluding carboxylic acids is 1. The summed E-state index contributed by atoms with van der Waals surface area (Å²) in [5.74, 6) is 1.02. The molecule has 0 aliphatic carbocycles. The van der Waals surface area contributed by atoms with Crippen molar-refractivity contribution in [2.75, 3.05) is 32.7 Å². The van der Waals surface area contributed by atoms with Crippen LogP contribution in [0.5, 0.6) is 0 Å². The third-order valence-electron chi connectivity index (χ3n) is 5.23. The lowest BCUT2D eigenvalue weighted by molar-refractivity contribution is -0.133. The largest absolute Gasteiger partial charge is 0.351 e. The molecule has 0 aromatic heterocycles. The van der Waals surface area contributed by atoms with Gasteiger partial charge in [-0.1, -0.05) is 6.92 Å². The second kappa shape index (κ2) is 4.82. The number of hydrogen-bond acceptors (Lipinski definition) is 3. The summed E-state index contributed by atoms with van der Waals surface area (Å²) in [7, 11) is 0. The first-order valence-electron chi connectivity index (χ1n) is 7.41. The van der Waals surface area contributed by atoms with Crippen molar-refractivity contribution in [3.05, 3.63) is 0 Å². The zero-order valence-electron chi connectivity index (χ0n) is 11.4. The summed E-state index contributed by atoms with van der Waals surface area (Å²) in [5, 5.41) is 6.69. The average Bonchev–Trinajstić information content (AvgIpc) is 2.41. The number of carbonyl (C=O) groups is 1. The number of nitrogens with one attached hydrogen (secondary N) is 2. The van der Waals surface area contributed by atoms with Crippen molar-refractivity contribution in [3.8, 4) is 0 Å². The van der Waals surface area contributed by atoms with Gasteiger partial charge in [0.2, 0.25) is 5.91 Å². The van der Waals surface area contributed by atoms with Crippen LogP contribution < -0.4 is 10.6 Å². The molecule has 0 aromatic rings. The third kappa shape index (κ3) is 2.28. The van der Waals surface area contributed by atoms with Crippen LogP contribution in [0, 0.1) is 11.3 Å². The molecule has 0 aromatic carbocycles. The second-order valence-corrected chi connectivity index (χ2v) is 6.53. The lowest BCUT2D eigenvalue weighted by Gasteiger charge is -2.46. The molecule has 1 unspecified atom stereocenters. The summed E-state index contributed by atoms with van der Waals surface area (Å²) in [6, 6.07) is 0.409. The molecule has 18 heavy (non-hydrogen) atoms. The van der Waals surface area contributed by atoms with E-state index in [4.69, 9.17) is 0 Å². The average molecular weight is 251 g/mol. The summed E-state index contributed by atoms with van der Waals surface area (Å²) in [4.78, 5) is 15.0. The van der Waals surface area contributed by atoms with Crippen LogP contribution in [0.4, 0.5) is 0 Å². The minimum atomic E-state index is -0.142. The maximum absolute atomic E-state index is 12.5. The van der Waals surface area contributed by atoms with E-state index in [-0.39, 0.29) is 5.41 Å². The summed E-state index contributed by atoms with van der Waals surface area (Å²) in [6.45, 7) is 7.63. The molecule has 4 aliphatic heterocycles. The predicted octanol–water partition coefficient (Wildman–Crippen LogP) is 0.587. The number of nitrogens with zero attached hydrogens (tertiary/aromatic N) is 1. The van der Waals surface area contributed by atoms with Gasteiger partial charge in [0.1, 0.15) is 0 Å². The topological polar surface area (TPSA) is 44.4 Å². The molecule has 0 spiro atoms. The monoisotopic (exact) mass is 251 g/mol. The van der Waals surface area contributed by atoms with Gasteiger partial charge in [-0.15, -0.1) is 0 Å². The fourth-order valence-corrected chi connectivity index (χ4v) is 3.68. The van der Waals surface area contributed by atoms with E-state index >= 15 is 0 Å². The van der Waals surface area contributed by atoms with Crippen molar-refractivity contribution >= 4 is 5.91 Å². The first-order valence-corrected chi connectivity index (χ1v) is 7.41. The van der Waals surface area contributed by atoms with Crippen LogP contribution in [0.2, 0.25) is 0 Å². The Bertz CT molecular complexity index is 317. The Morgan fingerprint density at radius 1 is 1.28 bits per heavy atom. The molecule has 2 bridgehead atoms. The van der Waals surface area contributed by atoms with Crippen molar-refractivity contribution in [1.82, 2.24) is 15.5 Å². The van der Waals surface area contributed by atoms with Gasteiger partial charge in [0.25, 0.3) is 0 Å². The number of hydrogen-bond donors (Lipinski definition) is 2. The zero-order chi connectivity index (χ0) is 12.6. The van der Waals surface area contributed by atoms with E-state index < -0.39 is 0 Å². The van der Waals surface area contributed by atoms with Gasteiger partial charge in [-0.3, -0.25) is 4.79 Å². The molecular formula is C14H25N3O. The molecule has 4 nitrogen and oxygen atoms in total. The molecular weight excluding hydrogens is 226 g/mol. The molecule has 4 aliphatic rings. The van der Waals surface area contributed by atoms with E-state index in [0.717, 1.165) is 38.4 Å². The molecule has 4 saturated heterocycles. The van der Waals surface area contributed by atoms with Crippen LogP contribution in [0.3, 0.4) is 0 Å². The molecule has 4 heteroatoms. The summed E-state index contributed by atoms with van der Waals surface area (Å²) in [5.41, 5.74) is -0.142. The first kappa shape index (κ1) is 12.4. The van der Waals surface area contributed by atoms with Crippen molar-refractivity contribution < 1.29 is 4.79 Å². The van der Waals surface area contributed by atoms with Gasteiger partial charge in [-0.05, 0) is 57.8 Å². The number of rotatable bonds is 2. The Balaban J connectivity index is 1.60. The van der Waals surface area contributed by atoms with Gasteiger partial charge in [0, 0.05) is 18.0 Å². The van der Waals surface area contributed by atoms with Crippen molar-refractivity contribution in [2.24, 2.45) is 11.3 Å². The van der Waals surface area contributed by atoms with Gasteiger partial charge in [-0.25, -0.2) is 0 Å². The fraction of sp³-hybridized carbons (Fsp3) is 0.929. The maximum Gasteiger partial charge on any atom is 0.226 e. The Morgan fingerprint density at radius 3 is 2.50 bits per heavy atom. The highest BCUT2D eigenvalue weighted by atomic mass is 16.2. The van der Waals surface area contributed by atoms with Gasteiger partial charge < -0.3 is 15.5 Å². The highest BCUT2D eigenvalue weighted by Crippen LogP contribution is 2.31. The SMILES string of the molecule is CC1(C(=O)NC2CN3CCC2CC3)CCNCC1. The van der Waals surface area contributed by atoms with Crippen LogP contribution in [0.25, 0.3) is 0 Å². The van der Waals surface area contributed by atoms with Crippen LogP contribution >= 0.6 is 0 Å². The van der Waals surface area contributed by atoms with Crippen LogP contribution in [0.15, 0.2) is 0 Å². The third-order valence-corrected chi connectivity index (χ3v) is 5.23. The molecule has 4 rings (SSSR count). The van der Waals surface area contributed by atoms with E-state index in [2.05, 4.69) is 22.5 Å². The predicted molar refractivity (Wildman–Crippen MR) is 71.3 cm³/mol. The Labute approximate surface area is 109 Å². The zero-order valence-corrected chi connectivity index (χ0v) is 11.4. The lowest BCUT2D eigenvalue weighted by Crippen LogP contribution is -2.59. The standard InChI is InChI=1S/C14H25N3O/c1-14(4-6-15-7-5-14)13(18)16-12-10-17-8-2-11(12)3-9-17/h11-12,15H,2-10H2,1H3,(H,16,18). The van der Waals surface area contributed by atoms with Crippen LogP contribution in [-0.4, -0.2) is 49.6 Å². The van der Waals surface area contributed by atoms with Gasteiger partial charge in [0.15, 0.2) is 0 Å². The fourth-order valence-electron chi connectivity index (χ4n) is 3.68. The van der Waals surface area contributed by atoms with Crippen molar-refractivity contribution in [2.45, 2.75) is 38.6 Å². The molecule has 102 valence electrons. The Kier molecular flexibility index (Phi) is 3.32. The summed E-state index contributed by atoms with van der Waals surface area (Å²) < 4.78 is 0. The van der Waals surface area contributed by atoms with E-state index in [9.17, 15) is 4.79 Å². The maximum atomic E-state index is 12.5. The quantitative estimate of drug-likeness (QED) is 0.755. The Hall–Kier alpha value is -0.610. The number of piperidine rings is 4. The van der Waals surface area contributed by atoms with Crippen molar-refractivity contribution in [1.29, 1.82) is 0 Å². The highest BCUT2D eigenvalue weighted by molar-refractivity contribution is 5.82. The smallest absolute Gasteiger partial charge is 0.226 e. The summed E-state index contributed by atoms with van der Waals surface area (Å²) in [6.07, 6.45) is 4.48. The van der Waals surface area contributed by atoms with Gasteiger partial charge in [-0.2, -0.15) is 0 Å². The number of fused-ring (bicyclic) bond motifs is 3. The van der Waals surface area contributed by atoms with Crippen LogP contribution in [0.1, 0.15) is 32.6 Å². The minimum absolute atomic E-state index is 0.142. The van der Waals surface area contributed by atoms with E-state index in [0.29, 0.717) is 11.9 Å². The molecule has 2 N–H and O–H groups in total. The first-order chi connectivity index (χ1) is 8.67. The minimum Gasteiger partial charge on any atom is -0.351 e. The molecule has 0 radical (unpaired) electrons. The van der Waals surface area contributed by atoms with Gasteiger partial charge >= 0.3 is 0 Å². The summed E-state index contributed by atoms with van der Waals surface area (Å²) >= 11 is 0. The van der Waals surface area contributed by atoms with Gasteiger partial charge in [0.05, 0.1) is 0 Å². The highest BCUT2D eigenvalue weighted by Gasteiger charge is 2.39. The van der Waals surface area contributed by atoms with E-state index in [1.54, 1.807) is 0 Å². The molecule has 4 fully saturated rings. The number of amides is 1.